The van der Waals surface area contributed by atoms with Crippen LogP contribution in [0.2, 0.25) is 40.2 Å². The largest absolute Gasteiger partial charge is 0.456 e. The van der Waals surface area contributed by atoms with E-state index in [4.69, 9.17) is 174 Å². The zero-order valence-electron chi connectivity index (χ0n) is 84.6. The first-order chi connectivity index (χ1) is 70.5. The Balaban J connectivity index is 0.000000135. The highest BCUT2D eigenvalue weighted by atomic mass is 35.5. The number of H-pyrrole nitrogens is 2. The van der Waals surface area contributed by atoms with Crippen LogP contribution in [0.1, 0.15) is 159 Å². The number of carbonyl (C=O) groups is 2. The first kappa shape index (κ1) is 108. The van der Waals surface area contributed by atoms with Gasteiger partial charge in [0.2, 0.25) is 11.8 Å². The van der Waals surface area contributed by atoms with Crippen molar-refractivity contribution in [2.24, 2.45) is 44.6 Å². The number of nitrogens with zero attached hydrogens (tertiary/aromatic N) is 14. The summed E-state index contributed by atoms with van der Waals surface area (Å²) in [6, 6.07) is 30.3. The van der Waals surface area contributed by atoms with E-state index in [1.54, 1.807) is 177 Å². The minimum atomic E-state index is -0.209. The molecule has 0 saturated carbocycles. The molecule has 0 unspecified atom stereocenters. The minimum absolute atomic E-state index is 0.00185. The van der Waals surface area contributed by atoms with Gasteiger partial charge in [-0.1, -0.05) is 92.8 Å². The smallest absolute Gasteiger partial charge is 0.263 e. The van der Waals surface area contributed by atoms with Gasteiger partial charge in [-0.15, -0.1) is 0 Å². The summed E-state index contributed by atoms with van der Waals surface area (Å²) >= 11 is 52.7. The van der Waals surface area contributed by atoms with Crippen molar-refractivity contribution in [3.63, 3.8) is 0 Å². The van der Waals surface area contributed by atoms with E-state index in [0.717, 1.165) is 104 Å². The Morgan fingerprint density at radius 1 is 0.324 bits per heavy atom. The SMILES string of the molecule is CC(=O)c1ccc(Oc2ccc(-n3c(C)nc(N4CCC5(CC4)CO[C@@H](C)[C@H]5N)c(C)c3=O)c(Cl)c2Cl)cc1.CC(=O)c1ccc(Oc2ccc(-n3c(C)nc(N4CCC5(CC4)CO[C@@H](C)[C@H]5N)c(C)c3=O)c(Cl)c2Cl)cc1.Cc1c(N2CCC3(CC2)CO[C@@H](C)[C@H]3N)nc(C)n(-c2ccc(Oc3ccn[nH]3)c(Cl)c2Cl)c1=O.Cc1c(N2CCC3(CC2)CO[C@@H](C)[C@H]3N)nc(C)n(-c2ccc(Oc3ccn[nH]3)c(Cl)c2Cl)c1=O. The van der Waals surface area contributed by atoms with Crippen LogP contribution < -0.4 is 83.7 Å². The van der Waals surface area contributed by atoms with E-state index in [0.29, 0.717) is 175 Å². The summed E-state index contributed by atoms with van der Waals surface area (Å²) in [5.74, 6) is 7.95. The Morgan fingerprint density at radius 2 is 0.541 bits per heavy atom. The molecule has 8 saturated heterocycles. The maximum absolute atomic E-state index is 13.6. The number of rotatable bonds is 18. The van der Waals surface area contributed by atoms with Crippen molar-refractivity contribution in [1.29, 1.82) is 0 Å². The van der Waals surface area contributed by atoms with Gasteiger partial charge in [0, 0.05) is 121 Å². The molecule has 42 heteroatoms. The third-order valence-electron chi connectivity index (χ3n) is 30.9. The normalized spacial score (nSPS) is 21.0. The van der Waals surface area contributed by atoms with Gasteiger partial charge in [-0.25, -0.2) is 30.1 Å². The minimum Gasteiger partial charge on any atom is -0.456 e. The second-order valence-electron chi connectivity index (χ2n) is 39.8. The Kier molecular flexibility index (Phi) is 32.3. The molecule has 6 aromatic carbocycles. The molecule has 784 valence electrons. The first-order valence-corrected chi connectivity index (χ1v) is 52.3. The monoisotopic (exact) mass is 2180 g/mol. The molecule has 8 aliphatic heterocycles. The first-order valence-electron chi connectivity index (χ1n) is 49.2. The summed E-state index contributed by atoms with van der Waals surface area (Å²) in [4.78, 5) is 105. The van der Waals surface area contributed by atoms with Crippen molar-refractivity contribution in [1.82, 2.24) is 58.6 Å². The number of ether oxygens (including phenoxy) is 8. The predicted octanol–water partition coefficient (Wildman–Crippen LogP) is 19.0. The van der Waals surface area contributed by atoms with E-state index in [2.05, 4.69) is 40.0 Å². The van der Waals surface area contributed by atoms with Gasteiger partial charge in [0.25, 0.3) is 22.2 Å². The predicted molar refractivity (Wildman–Crippen MR) is 577 cm³/mol. The lowest BCUT2D eigenvalue weighted by atomic mass is 9.73. The molecule has 0 aliphatic carbocycles. The number of Topliss-reactive ketones (excluding diaryl/α,β-unsaturated/α-hetero) is 2. The van der Waals surface area contributed by atoms with E-state index in [1.807, 2.05) is 27.7 Å². The summed E-state index contributed by atoms with van der Waals surface area (Å²) in [6.45, 7) is 34.3. The molecule has 0 amide bonds. The van der Waals surface area contributed by atoms with Gasteiger partial charge in [-0.05, 0) is 245 Å². The molecule has 10 N–H and O–H groups in total. The van der Waals surface area contributed by atoms with Crippen molar-refractivity contribution >= 4 is 128 Å². The number of aryl methyl sites for hydroxylation is 4. The molecule has 6 aromatic heterocycles. The molecule has 14 heterocycles. The van der Waals surface area contributed by atoms with Crippen molar-refractivity contribution < 1.29 is 47.5 Å². The summed E-state index contributed by atoms with van der Waals surface area (Å²) in [5.41, 5.74) is 30.1. The van der Waals surface area contributed by atoms with Crippen molar-refractivity contribution in [3.05, 3.63) is 260 Å². The number of hydrogen-bond acceptors (Lipinski definition) is 28. The average molecular weight is 2180 g/mol. The summed E-state index contributed by atoms with van der Waals surface area (Å²) in [7, 11) is 0. The Morgan fingerprint density at radius 3 is 0.730 bits per heavy atom. The third-order valence-corrected chi connectivity index (χ3v) is 34.3. The maximum atomic E-state index is 13.6. The number of aromatic amines is 2. The van der Waals surface area contributed by atoms with Crippen LogP contribution in [0, 0.1) is 77.0 Å². The average Bonchev–Trinajstić information content (AvgIpc) is 1.52. The lowest BCUT2D eigenvalue weighted by molar-refractivity contribution is 0.0973. The van der Waals surface area contributed by atoms with Crippen LogP contribution in [0.25, 0.3) is 22.7 Å². The van der Waals surface area contributed by atoms with Crippen LogP contribution in [-0.2, 0) is 18.9 Å². The van der Waals surface area contributed by atoms with Gasteiger partial charge >= 0.3 is 0 Å². The maximum Gasteiger partial charge on any atom is 0.263 e. The van der Waals surface area contributed by atoms with Gasteiger partial charge in [-0.3, -0.25) is 47.0 Å². The van der Waals surface area contributed by atoms with E-state index < -0.39 is 0 Å². The molecular weight excluding hydrogens is 2060 g/mol. The summed E-state index contributed by atoms with van der Waals surface area (Å²) in [5, 5.41) is 14.6. The zero-order chi connectivity index (χ0) is 106. The summed E-state index contributed by atoms with van der Waals surface area (Å²) in [6.07, 6.45) is 10.6. The Labute approximate surface area is 896 Å². The third kappa shape index (κ3) is 21.1. The highest BCUT2D eigenvalue weighted by Crippen LogP contribution is 2.50. The molecule has 148 heavy (non-hydrogen) atoms. The topological polar surface area (TPSA) is 422 Å². The van der Waals surface area contributed by atoms with E-state index >= 15 is 0 Å². The molecular formula is C106H120Cl8N20O14. The van der Waals surface area contributed by atoms with Crippen LogP contribution in [-0.4, -0.2) is 198 Å². The molecule has 34 nitrogen and oxygen atoms in total. The van der Waals surface area contributed by atoms with E-state index in [-0.39, 0.29) is 144 Å². The van der Waals surface area contributed by atoms with Gasteiger partial charge in [-0.2, -0.15) is 10.2 Å². The lowest BCUT2D eigenvalue weighted by Gasteiger charge is -2.42. The number of nitrogens with two attached hydrogens (primary N) is 4. The van der Waals surface area contributed by atoms with Crippen molar-refractivity contribution in [3.8, 4) is 69.0 Å². The van der Waals surface area contributed by atoms with Crippen molar-refractivity contribution in [2.45, 2.75) is 197 Å². The van der Waals surface area contributed by atoms with Crippen LogP contribution in [0.4, 0.5) is 23.3 Å². The number of benzene rings is 6. The highest BCUT2D eigenvalue weighted by molar-refractivity contribution is 6.46. The van der Waals surface area contributed by atoms with Gasteiger partial charge < -0.3 is 80.4 Å². The van der Waals surface area contributed by atoms with Crippen LogP contribution in [0.5, 0.6) is 46.3 Å². The van der Waals surface area contributed by atoms with Crippen LogP contribution in [0.3, 0.4) is 0 Å². The van der Waals surface area contributed by atoms with Gasteiger partial charge in [0.05, 0.1) is 128 Å². The fraction of sp³-hybridized carbons (Fsp3) is 0.434. The lowest BCUT2D eigenvalue weighted by Crippen LogP contribution is -2.51. The molecule has 8 fully saturated rings. The fourth-order valence-electron chi connectivity index (χ4n) is 21.4. The molecule has 12 aromatic rings. The summed E-state index contributed by atoms with van der Waals surface area (Å²) < 4.78 is 52.5. The fourth-order valence-corrected chi connectivity index (χ4v) is 23.2. The van der Waals surface area contributed by atoms with Gasteiger partial charge in [0.15, 0.2) is 11.6 Å². The Hall–Kier alpha value is -11.0. The number of hydrogen-bond donors (Lipinski definition) is 6. The number of nitrogens with one attached hydrogen (secondary N) is 2. The molecule has 8 atom stereocenters. The van der Waals surface area contributed by atoms with E-state index in [1.165, 1.54) is 32.1 Å². The van der Waals surface area contributed by atoms with Crippen LogP contribution in [0.15, 0.2) is 141 Å². The molecule has 20 rings (SSSR count). The number of anilines is 4. The molecule has 0 radical (unpaired) electrons. The number of piperidine rings is 4. The second kappa shape index (κ2) is 44.1. The number of aromatic nitrogens is 12. The number of carbonyl (C=O) groups excluding carboxylic acids is 2. The molecule has 4 spiro atoms. The standard InChI is InChI=1S/2C29H32Cl2N4O4.2C24H28Cl2N6O3/c2*1-16-27(34-13-11-29(12-14-34)15-38-18(3)26(29)32)33-19(4)35(28(16)37)22-9-10-23(25(31)24(22)30)39-21-7-5-20(6-8-21)17(2)36;2*1-13-22(31-10-7-24(8-11-31)12-34-14(2)21(24)27)29-15(3)32(23(13)33)16-4-5-17(20(26)19(16)25)35-18-6-9-28-30-18/h2*5-10,18,26H,11-15,32H2,1-4H3;2*4-6,9,14,21H,7-8,10-12,27H2,1-3H3,(H,28,30)/t2*18-,26+;2*14-,21+/m0000/s1. The van der Waals surface area contributed by atoms with Crippen LogP contribution >= 0.6 is 92.8 Å². The molecule has 8 aliphatic rings. The molecule has 0 bridgehead atoms. The zero-order valence-corrected chi connectivity index (χ0v) is 90.7. The van der Waals surface area contributed by atoms with Crippen molar-refractivity contribution in [2.75, 3.05) is 98.4 Å². The number of halogens is 8. The number of ketones is 2. The van der Waals surface area contributed by atoms with E-state index in [9.17, 15) is 28.8 Å². The van der Waals surface area contributed by atoms with Gasteiger partial charge in [0.1, 0.15) is 101 Å². The quantitative estimate of drug-likeness (QED) is 0.0435. The Bertz CT molecular complexity index is 6840. The highest BCUT2D eigenvalue weighted by Gasteiger charge is 2.52. The second-order valence-corrected chi connectivity index (χ2v) is 42.8.